The molecule has 148 valence electrons. The van der Waals surface area contributed by atoms with Gasteiger partial charge in [-0.05, 0) is 30.4 Å². The van der Waals surface area contributed by atoms with Gasteiger partial charge < -0.3 is 14.8 Å². The number of benzene rings is 1. The molecule has 0 aliphatic carbocycles. The van der Waals surface area contributed by atoms with Crippen LogP contribution in [0, 0.1) is 16.0 Å². The third kappa shape index (κ3) is 5.20. The van der Waals surface area contributed by atoms with E-state index in [-0.39, 0.29) is 41.5 Å². The summed E-state index contributed by atoms with van der Waals surface area (Å²) < 4.78 is 10.7. The number of halogens is 2. The summed E-state index contributed by atoms with van der Waals surface area (Å²) in [6, 6.07) is 5.59. The van der Waals surface area contributed by atoms with Crippen LogP contribution in [-0.4, -0.2) is 56.3 Å². The fourth-order valence-electron chi connectivity index (χ4n) is 3.81. The van der Waals surface area contributed by atoms with E-state index in [0.29, 0.717) is 11.7 Å². The standard InChI is InChI=1S/C17H25N3O4.2ClH/c1-23-16-3-2-14(12-15(16)20(21)22)17(13-4-10-24-11-5-13)19-8-6-18-7-9-19;;/h2-3,12-13,17-18H,4-11H2,1H3;2*1H/t17-;;/m1../s1. The quantitative estimate of drug-likeness (QED) is 0.597. The summed E-state index contributed by atoms with van der Waals surface area (Å²) in [5.41, 5.74) is 1.05. The van der Waals surface area contributed by atoms with E-state index in [4.69, 9.17) is 9.47 Å². The van der Waals surface area contributed by atoms with Crippen molar-refractivity contribution in [2.45, 2.75) is 18.9 Å². The predicted molar refractivity (Wildman–Crippen MR) is 105 cm³/mol. The second-order valence-electron chi connectivity index (χ2n) is 6.37. The molecule has 0 bridgehead atoms. The Balaban J connectivity index is 0.00000169. The minimum atomic E-state index is -0.360. The molecule has 2 heterocycles. The van der Waals surface area contributed by atoms with E-state index >= 15 is 0 Å². The highest BCUT2D eigenvalue weighted by atomic mass is 35.5. The van der Waals surface area contributed by atoms with Gasteiger partial charge in [0, 0.05) is 51.5 Å². The van der Waals surface area contributed by atoms with Crippen LogP contribution in [0.4, 0.5) is 5.69 Å². The number of nitrogens with zero attached hydrogens (tertiary/aromatic N) is 2. The molecule has 2 saturated heterocycles. The molecular weight excluding hydrogens is 381 g/mol. The Bertz CT molecular complexity index is 561. The van der Waals surface area contributed by atoms with Gasteiger partial charge in [-0.1, -0.05) is 6.07 Å². The van der Waals surface area contributed by atoms with Crippen molar-refractivity contribution in [1.82, 2.24) is 10.2 Å². The van der Waals surface area contributed by atoms with Gasteiger partial charge >= 0.3 is 5.69 Å². The van der Waals surface area contributed by atoms with Crippen LogP contribution >= 0.6 is 24.8 Å². The molecule has 1 N–H and O–H groups in total. The van der Waals surface area contributed by atoms with Crippen molar-refractivity contribution in [2.24, 2.45) is 5.92 Å². The summed E-state index contributed by atoms with van der Waals surface area (Å²) in [5, 5.41) is 14.8. The van der Waals surface area contributed by atoms with Gasteiger partial charge in [-0.2, -0.15) is 0 Å². The first-order valence-electron chi connectivity index (χ1n) is 8.55. The second-order valence-corrected chi connectivity index (χ2v) is 6.37. The van der Waals surface area contributed by atoms with E-state index in [2.05, 4.69) is 10.2 Å². The van der Waals surface area contributed by atoms with Crippen molar-refractivity contribution < 1.29 is 14.4 Å². The molecule has 1 aromatic rings. The van der Waals surface area contributed by atoms with Gasteiger partial charge in [-0.15, -0.1) is 24.8 Å². The monoisotopic (exact) mass is 407 g/mol. The van der Waals surface area contributed by atoms with Crippen molar-refractivity contribution in [1.29, 1.82) is 0 Å². The average molecular weight is 408 g/mol. The maximum atomic E-state index is 11.4. The number of nitro benzene ring substituents is 1. The van der Waals surface area contributed by atoms with E-state index in [0.717, 1.165) is 57.8 Å². The van der Waals surface area contributed by atoms with Crippen molar-refractivity contribution in [3.8, 4) is 5.75 Å². The van der Waals surface area contributed by atoms with Crippen LogP contribution in [0.3, 0.4) is 0 Å². The summed E-state index contributed by atoms with van der Waals surface area (Å²) in [5.74, 6) is 0.777. The van der Waals surface area contributed by atoms with E-state index in [1.165, 1.54) is 7.11 Å². The van der Waals surface area contributed by atoms with Crippen molar-refractivity contribution in [3.05, 3.63) is 33.9 Å². The molecule has 3 rings (SSSR count). The highest BCUT2D eigenvalue weighted by molar-refractivity contribution is 5.85. The Kier molecular flexibility index (Phi) is 9.60. The number of methoxy groups -OCH3 is 1. The first kappa shape index (κ1) is 22.9. The van der Waals surface area contributed by atoms with Crippen LogP contribution in [0.2, 0.25) is 0 Å². The lowest BCUT2D eigenvalue weighted by atomic mass is 9.85. The molecule has 0 amide bonds. The van der Waals surface area contributed by atoms with Crippen LogP contribution in [0.25, 0.3) is 0 Å². The number of piperazine rings is 1. The summed E-state index contributed by atoms with van der Waals surface area (Å²) in [4.78, 5) is 13.5. The van der Waals surface area contributed by atoms with Gasteiger partial charge in [0.15, 0.2) is 5.75 Å². The van der Waals surface area contributed by atoms with Crippen LogP contribution in [0.5, 0.6) is 5.75 Å². The molecule has 2 aliphatic heterocycles. The Hall–Kier alpha value is -1.12. The van der Waals surface area contributed by atoms with Crippen molar-refractivity contribution in [2.75, 3.05) is 46.5 Å². The second kappa shape index (κ2) is 10.9. The number of nitrogens with one attached hydrogen (secondary N) is 1. The lowest BCUT2D eigenvalue weighted by Gasteiger charge is -2.41. The molecule has 1 atom stereocenters. The maximum absolute atomic E-state index is 11.4. The Labute approximate surface area is 166 Å². The molecule has 26 heavy (non-hydrogen) atoms. The van der Waals surface area contributed by atoms with Gasteiger partial charge in [-0.3, -0.25) is 15.0 Å². The Morgan fingerprint density at radius 2 is 1.92 bits per heavy atom. The molecule has 0 saturated carbocycles. The van der Waals surface area contributed by atoms with Gasteiger partial charge in [-0.25, -0.2) is 0 Å². The third-order valence-corrected chi connectivity index (χ3v) is 5.00. The van der Waals surface area contributed by atoms with Crippen molar-refractivity contribution >= 4 is 30.5 Å². The van der Waals surface area contributed by atoms with Gasteiger partial charge in [0.05, 0.1) is 12.0 Å². The highest BCUT2D eigenvalue weighted by Crippen LogP contribution is 2.38. The van der Waals surface area contributed by atoms with Crippen LogP contribution in [0.1, 0.15) is 24.4 Å². The molecule has 7 nitrogen and oxygen atoms in total. The summed E-state index contributed by atoms with van der Waals surface area (Å²) in [6.45, 7) is 5.37. The Morgan fingerprint density at radius 1 is 1.27 bits per heavy atom. The number of ether oxygens (including phenoxy) is 2. The van der Waals surface area contributed by atoms with Crippen LogP contribution < -0.4 is 10.1 Å². The number of hydrogen-bond donors (Lipinski definition) is 1. The Morgan fingerprint density at radius 3 is 2.50 bits per heavy atom. The van der Waals surface area contributed by atoms with Gasteiger partial charge in [0.25, 0.3) is 0 Å². The lowest BCUT2D eigenvalue weighted by molar-refractivity contribution is -0.385. The van der Waals surface area contributed by atoms with Gasteiger partial charge in [0.2, 0.25) is 0 Å². The minimum Gasteiger partial charge on any atom is -0.490 e. The maximum Gasteiger partial charge on any atom is 0.311 e. The number of nitro groups is 1. The van der Waals surface area contributed by atoms with E-state index in [1.54, 1.807) is 12.1 Å². The van der Waals surface area contributed by atoms with E-state index in [1.807, 2.05) is 6.07 Å². The zero-order valence-electron chi connectivity index (χ0n) is 14.9. The minimum absolute atomic E-state index is 0. The number of rotatable bonds is 5. The smallest absolute Gasteiger partial charge is 0.311 e. The fraction of sp³-hybridized carbons (Fsp3) is 0.647. The summed E-state index contributed by atoms with van der Waals surface area (Å²) in [6.07, 6.45) is 1.99. The van der Waals surface area contributed by atoms with Crippen LogP contribution in [-0.2, 0) is 4.74 Å². The SMILES string of the molecule is COc1ccc([C@@H](C2CCOCC2)N2CCNCC2)cc1[N+](=O)[O-].Cl.Cl. The number of hydrogen-bond acceptors (Lipinski definition) is 6. The first-order valence-corrected chi connectivity index (χ1v) is 8.55. The molecule has 9 heteroatoms. The zero-order valence-corrected chi connectivity index (χ0v) is 16.5. The summed E-state index contributed by atoms with van der Waals surface area (Å²) >= 11 is 0. The largest absolute Gasteiger partial charge is 0.490 e. The molecule has 0 unspecified atom stereocenters. The molecule has 2 fully saturated rings. The first-order chi connectivity index (χ1) is 11.7. The van der Waals surface area contributed by atoms with E-state index < -0.39 is 0 Å². The highest BCUT2D eigenvalue weighted by Gasteiger charge is 2.32. The third-order valence-electron chi connectivity index (χ3n) is 5.00. The molecule has 0 radical (unpaired) electrons. The molecule has 1 aromatic carbocycles. The van der Waals surface area contributed by atoms with E-state index in [9.17, 15) is 10.1 Å². The molecular formula is C17H27Cl2N3O4. The molecule has 0 aromatic heterocycles. The zero-order chi connectivity index (χ0) is 16.9. The predicted octanol–water partition coefficient (Wildman–Crippen LogP) is 2.82. The van der Waals surface area contributed by atoms with Gasteiger partial charge in [0.1, 0.15) is 0 Å². The lowest BCUT2D eigenvalue weighted by Crippen LogP contribution is -2.47. The normalized spacial score (nSPS) is 19.7. The van der Waals surface area contributed by atoms with Crippen LogP contribution in [0.15, 0.2) is 18.2 Å². The molecule has 0 spiro atoms. The van der Waals surface area contributed by atoms with Crippen molar-refractivity contribution in [3.63, 3.8) is 0 Å². The summed E-state index contributed by atoms with van der Waals surface area (Å²) in [7, 11) is 1.47. The molecule has 2 aliphatic rings. The fourth-order valence-corrected chi connectivity index (χ4v) is 3.81. The average Bonchev–Trinajstić information content (AvgIpc) is 2.63. The topological polar surface area (TPSA) is 76.9 Å².